The Morgan fingerprint density at radius 1 is 1.03 bits per heavy atom. The average molecular weight is 442 g/mol. The van der Waals surface area contributed by atoms with Gasteiger partial charge in [-0.3, -0.25) is 19.3 Å². The lowest BCUT2D eigenvalue weighted by molar-refractivity contribution is -0.153. The Labute approximate surface area is 182 Å². The molecule has 3 atom stereocenters. The number of benzene rings is 2. The number of aromatic hydroxyl groups is 1. The summed E-state index contributed by atoms with van der Waals surface area (Å²) in [4.78, 5) is 49.1. The second-order valence-electron chi connectivity index (χ2n) is 7.42. The van der Waals surface area contributed by atoms with Crippen molar-refractivity contribution in [2.24, 2.45) is 5.73 Å². The summed E-state index contributed by atoms with van der Waals surface area (Å²) in [5.74, 6) is -3.46. The van der Waals surface area contributed by atoms with Gasteiger partial charge in [0.25, 0.3) is 5.91 Å². The quantitative estimate of drug-likeness (QED) is 0.249. The third kappa shape index (κ3) is 5.29. The van der Waals surface area contributed by atoms with Gasteiger partial charge in [-0.05, 0) is 41.8 Å². The van der Waals surface area contributed by atoms with Crippen LogP contribution in [0.5, 0.6) is 11.5 Å². The third-order valence-electron chi connectivity index (χ3n) is 5.02. The van der Waals surface area contributed by atoms with E-state index in [0.717, 1.165) is 0 Å². The van der Waals surface area contributed by atoms with Crippen LogP contribution in [-0.4, -0.2) is 62.2 Å². The molecule has 1 fully saturated rings. The van der Waals surface area contributed by atoms with Gasteiger partial charge in [0, 0.05) is 6.42 Å². The Balaban J connectivity index is 1.79. The largest absolute Gasteiger partial charge is 0.508 e. The normalized spacial score (nSPS) is 17.8. The molecule has 2 aromatic rings. The fourth-order valence-electron chi connectivity index (χ4n) is 3.32. The lowest BCUT2D eigenvalue weighted by Crippen LogP contribution is -2.48. The summed E-state index contributed by atoms with van der Waals surface area (Å²) in [5.41, 5.74) is 6.69. The number of esters is 1. The van der Waals surface area contributed by atoms with Crippen molar-refractivity contribution in [2.45, 2.75) is 37.5 Å². The molecule has 10 heteroatoms. The Morgan fingerprint density at radius 2 is 1.59 bits per heavy atom. The SMILES string of the molecule is N[C@@H](Cc1ccc(OC(=O)[C@H](Cc2ccc(O)cc2)N2C(=O)CC(O)C2=O)cc1)C(=O)O. The minimum atomic E-state index is -1.52. The summed E-state index contributed by atoms with van der Waals surface area (Å²) >= 11 is 0. The van der Waals surface area contributed by atoms with Crippen molar-refractivity contribution in [3.05, 3.63) is 59.7 Å². The van der Waals surface area contributed by atoms with Crippen molar-refractivity contribution in [1.82, 2.24) is 4.90 Å². The standard InChI is InChI=1S/C22H22N2O8/c23-16(21(29)30)9-12-3-7-15(8-4-12)32-22(31)17(10-13-1-5-14(25)6-2-13)24-19(27)11-18(26)20(24)28/h1-8,16-18,25-26H,9-11,23H2,(H,29,30)/t16-,17-,18?/m0/s1. The molecule has 1 aliphatic rings. The highest BCUT2D eigenvalue weighted by Crippen LogP contribution is 2.23. The number of phenols is 1. The van der Waals surface area contributed by atoms with Crippen molar-refractivity contribution in [3.63, 3.8) is 0 Å². The maximum atomic E-state index is 12.9. The van der Waals surface area contributed by atoms with Gasteiger partial charge in [-0.2, -0.15) is 0 Å². The van der Waals surface area contributed by atoms with E-state index in [1.54, 1.807) is 12.1 Å². The predicted octanol–water partition coefficient (Wildman–Crippen LogP) is -0.0169. The molecular formula is C22H22N2O8. The lowest BCUT2D eigenvalue weighted by atomic mass is 10.0. The number of nitrogens with zero attached hydrogens (tertiary/aromatic N) is 1. The van der Waals surface area contributed by atoms with Crippen LogP contribution in [0.1, 0.15) is 17.5 Å². The predicted molar refractivity (Wildman–Crippen MR) is 109 cm³/mol. The number of carboxylic acids is 1. The topological polar surface area (TPSA) is 167 Å². The number of likely N-dealkylation sites (tertiary alicyclic amines) is 1. The first-order valence-electron chi connectivity index (χ1n) is 9.76. The molecule has 0 bridgehead atoms. The number of amides is 2. The summed E-state index contributed by atoms with van der Waals surface area (Å²) < 4.78 is 5.36. The molecule has 1 saturated heterocycles. The molecule has 32 heavy (non-hydrogen) atoms. The van der Waals surface area contributed by atoms with Crippen LogP contribution in [0.2, 0.25) is 0 Å². The number of aliphatic hydroxyl groups excluding tert-OH is 1. The number of rotatable bonds is 8. The number of carbonyl (C=O) groups is 4. The molecular weight excluding hydrogens is 420 g/mol. The maximum absolute atomic E-state index is 12.9. The fraction of sp³-hybridized carbons (Fsp3) is 0.273. The van der Waals surface area contributed by atoms with E-state index in [-0.39, 0.29) is 24.3 Å². The third-order valence-corrected chi connectivity index (χ3v) is 5.02. The number of ether oxygens (including phenoxy) is 1. The van der Waals surface area contributed by atoms with E-state index in [0.29, 0.717) is 16.0 Å². The molecule has 3 rings (SSSR count). The van der Waals surface area contributed by atoms with E-state index in [1.807, 2.05) is 0 Å². The van der Waals surface area contributed by atoms with Gasteiger partial charge in [-0.1, -0.05) is 24.3 Å². The molecule has 5 N–H and O–H groups in total. The second kappa shape index (κ2) is 9.58. The van der Waals surface area contributed by atoms with Crippen LogP contribution in [0.3, 0.4) is 0 Å². The van der Waals surface area contributed by atoms with Crippen LogP contribution in [0.25, 0.3) is 0 Å². The number of aliphatic carboxylic acids is 1. The molecule has 1 unspecified atom stereocenters. The molecule has 2 amide bonds. The average Bonchev–Trinajstić information content (AvgIpc) is 3.00. The van der Waals surface area contributed by atoms with Gasteiger partial charge in [0.1, 0.15) is 29.7 Å². The number of carbonyl (C=O) groups excluding carboxylic acids is 3. The Hall–Kier alpha value is -3.76. The Kier molecular flexibility index (Phi) is 6.86. The van der Waals surface area contributed by atoms with Crippen molar-refractivity contribution < 1.29 is 39.2 Å². The fourth-order valence-corrected chi connectivity index (χ4v) is 3.32. The van der Waals surface area contributed by atoms with Crippen molar-refractivity contribution in [2.75, 3.05) is 0 Å². The summed E-state index contributed by atoms with van der Waals surface area (Å²) in [5, 5.41) is 28.1. The molecule has 1 heterocycles. The first-order valence-corrected chi connectivity index (χ1v) is 9.76. The summed E-state index contributed by atoms with van der Waals surface area (Å²) in [6.45, 7) is 0. The molecule has 10 nitrogen and oxygen atoms in total. The molecule has 0 spiro atoms. The zero-order valence-electron chi connectivity index (χ0n) is 16.9. The van der Waals surface area contributed by atoms with Crippen LogP contribution in [0, 0.1) is 0 Å². The molecule has 0 radical (unpaired) electrons. The van der Waals surface area contributed by atoms with E-state index in [1.165, 1.54) is 36.4 Å². The van der Waals surface area contributed by atoms with Gasteiger partial charge in [0.2, 0.25) is 5.91 Å². The van der Waals surface area contributed by atoms with E-state index in [2.05, 4.69) is 0 Å². The van der Waals surface area contributed by atoms with Crippen LogP contribution in [0.4, 0.5) is 0 Å². The smallest absolute Gasteiger partial charge is 0.335 e. The zero-order valence-corrected chi connectivity index (χ0v) is 16.9. The summed E-state index contributed by atoms with van der Waals surface area (Å²) in [7, 11) is 0. The number of hydrogen-bond donors (Lipinski definition) is 4. The van der Waals surface area contributed by atoms with Crippen LogP contribution < -0.4 is 10.5 Å². The number of aliphatic hydroxyl groups is 1. The first kappa shape index (κ1) is 22.9. The van der Waals surface area contributed by atoms with Crippen LogP contribution in [0.15, 0.2) is 48.5 Å². The Bertz CT molecular complexity index is 1020. The Morgan fingerprint density at radius 3 is 2.12 bits per heavy atom. The van der Waals surface area contributed by atoms with E-state index >= 15 is 0 Å². The number of imide groups is 1. The number of carboxylic acid groups (broad SMARTS) is 1. The van der Waals surface area contributed by atoms with E-state index in [4.69, 9.17) is 15.6 Å². The minimum absolute atomic E-state index is 0.0133. The van der Waals surface area contributed by atoms with Gasteiger partial charge in [0.05, 0.1) is 6.42 Å². The van der Waals surface area contributed by atoms with Crippen molar-refractivity contribution >= 4 is 23.8 Å². The van der Waals surface area contributed by atoms with E-state index in [9.17, 15) is 29.4 Å². The molecule has 0 aromatic heterocycles. The maximum Gasteiger partial charge on any atom is 0.335 e. The molecule has 1 aliphatic heterocycles. The molecule has 0 saturated carbocycles. The van der Waals surface area contributed by atoms with Gasteiger partial charge < -0.3 is 25.8 Å². The molecule has 168 valence electrons. The summed E-state index contributed by atoms with van der Waals surface area (Å²) in [6.07, 6.45) is -1.93. The van der Waals surface area contributed by atoms with Gasteiger partial charge in [-0.25, -0.2) is 4.79 Å². The highest BCUT2D eigenvalue weighted by Gasteiger charge is 2.45. The summed E-state index contributed by atoms with van der Waals surface area (Å²) in [6, 6.07) is 9.49. The number of nitrogens with two attached hydrogens (primary N) is 1. The highest BCUT2D eigenvalue weighted by molar-refractivity contribution is 6.07. The van der Waals surface area contributed by atoms with Gasteiger partial charge in [0.15, 0.2) is 0 Å². The number of phenolic OH excluding ortho intramolecular Hbond substituents is 1. The monoisotopic (exact) mass is 442 g/mol. The highest BCUT2D eigenvalue weighted by atomic mass is 16.5. The molecule has 2 aromatic carbocycles. The lowest BCUT2D eigenvalue weighted by Gasteiger charge is -2.24. The van der Waals surface area contributed by atoms with Crippen LogP contribution >= 0.6 is 0 Å². The van der Waals surface area contributed by atoms with Crippen molar-refractivity contribution in [1.29, 1.82) is 0 Å². The number of hydrogen-bond acceptors (Lipinski definition) is 8. The van der Waals surface area contributed by atoms with Crippen LogP contribution in [-0.2, 0) is 32.0 Å². The van der Waals surface area contributed by atoms with Gasteiger partial charge >= 0.3 is 11.9 Å². The zero-order chi connectivity index (χ0) is 23.4. The minimum Gasteiger partial charge on any atom is -0.508 e. The van der Waals surface area contributed by atoms with E-state index < -0.39 is 48.4 Å². The van der Waals surface area contributed by atoms with Crippen molar-refractivity contribution in [3.8, 4) is 11.5 Å². The molecule has 0 aliphatic carbocycles. The van der Waals surface area contributed by atoms with Gasteiger partial charge in [-0.15, -0.1) is 0 Å². The second-order valence-corrected chi connectivity index (χ2v) is 7.42. The first-order chi connectivity index (χ1) is 15.2.